The van der Waals surface area contributed by atoms with E-state index in [0.717, 1.165) is 5.69 Å². The summed E-state index contributed by atoms with van der Waals surface area (Å²) in [5.41, 5.74) is 1.59. The van der Waals surface area contributed by atoms with Crippen molar-refractivity contribution in [3.8, 4) is 0 Å². The highest BCUT2D eigenvalue weighted by molar-refractivity contribution is 6.33. The van der Waals surface area contributed by atoms with E-state index >= 15 is 0 Å². The smallest absolute Gasteiger partial charge is 0.125 e. The summed E-state index contributed by atoms with van der Waals surface area (Å²) in [7, 11) is 1.85. The highest BCUT2D eigenvalue weighted by atomic mass is 35.5. The molecular weight excluding hydrogens is 229 g/mol. The number of hydrogen-bond donors (Lipinski definition) is 1. The molecule has 1 N–H and O–H groups in total. The Morgan fingerprint density at radius 2 is 2.25 bits per heavy atom. The molecule has 2 aromatic rings. The van der Waals surface area contributed by atoms with Crippen LogP contribution in [0.1, 0.15) is 5.69 Å². The lowest BCUT2D eigenvalue weighted by molar-refractivity contribution is 0.628. The van der Waals surface area contributed by atoms with Gasteiger partial charge in [0.1, 0.15) is 5.82 Å². The molecule has 0 bridgehead atoms. The van der Waals surface area contributed by atoms with E-state index in [-0.39, 0.29) is 5.82 Å². The van der Waals surface area contributed by atoms with Crippen LogP contribution in [0.25, 0.3) is 0 Å². The quantitative estimate of drug-likeness (QED) is 0.893. The molecule has 0 saturated heterocycles. The predicted octanol–water partition coefficient (Wildman–Crippen LogP) is 2.82. The van der Waals surface area contributed by atoms with Crippen LogP contribution in [-0.4, -0.2) is 9.78 Å². The standard InChI is InChI=1S/C11H11ClFN3/c1-16-9(4-5-15-16)7-14-11-6-8(13)2-3-10(11)12/h2-6,14H,7H2,1H3. The predicted molar refractivity (Wildman–Crippen MR) is 61.9 cm³/mol. The summed E-state index contributed by atoms with van der Waals surface area (Å²) < 4.78 is 14.7. The molecule has 0 atom stereocenters. The summed E-state index contributed by atoms with van der Waals surface area (Å²) in [5, 5.41) is 7.61. The lowest BCUT2D eigenvalue weighted by Crippen LogP contribution is -2.05. The summed E-state index contributed by atoms with van der Waals surface area (Å²) in [6.45, 7) is 0.555. The van der Waals surface area contributed by atoms with E-state index in [0.29, 0.717) is 17.3 Å². The highest BCUT2D eigenvalue weighted by Crippen LogP contribution is 2.22. The average molecular weight is 240 g/mol. The number of benzene rings is 1. The molecular formula is C11H11ClFN3. The molecule has 3 nitrogen and oxygen atoms in total. The Bertz CT molecular complexity index is 496. The maximum Gasteiger partial charge on any atom is 0.125 e. The first-order chi connectivity index (χ1) is 7.66. The normalized spacial score (nSPS) is 10.4. The van der Waals surface area contributed by atoms with Crippen LogP contribution < -0.4 is 5.32 Å². The molecule has 84 valence electrons. The molecule has 5 heteroatoms. The minimum atomic E-state index is -0.308. The summed E-state index contributed by atoms with van der Waals surface area (Å²) in [4.78, 5) is 0. The van der Waals surface area contributed by atoms with Gasteiger partial charge in [-0.2, -0.15) is 5.10 Å². The summed E-state index contributed by atoms with van der Waals surface area (Å²) in [6.07, 6.45) is 1.71. The van der Waals surface area contributed by atoms with E-state index in [1.54, 1.807) is 10.9 Å². The minimum Gasteiger partial charge on any atom is -0.378 e. The molecule has 0 radical (unpaired) electrons. The van der Waals surface area contributed by atoms with Crippen LogP contribution in [0.2, 0.25) is 5.02 Å². The molecule has 2 rings (SSSR count). The number of nitrogens with zero attached hydrogens (tertiary/aromatic N) is 2. The van der Waals surface area contributed by atoms with Crippen LogP contribution >= 0.6 is 11.6 Å². The molecule has 0 amide bonds. The van der Waals surface area contributed by atoms with Gasteiger partial charge in [-0.05, 0) is 24.3 Å². The molecule has 0 aliphatic carbocycles. The zero-order valence-electron chi connectivity index (χ0n) is 8.74. The summed E-state index contributed by atoms with van der Waals surface area (Å²) >= 11 is 5.92. The number of nitrogens with one attached hydrogen (secondary N) is 1. The lowest BCUT2D eigenvalue weighted by Gasteiger charge is -2.08. The van der Waals surface area contributed by atoms with E-state index in [1.807, 2.05) is 13.1 Å². The van der Waals surface area contributed by atoms with Crippen molar-refractivity contribution in [1.82, 2.24) is 9.78 Å². The number of hydrogen-bond acceptors (Lipinski definition) is 2. The highest BCUT2D eigenvalue weighted by Gasteiger charge is 2.03. The third kappa shape index (κ3) is 2.33. The summed E-state index contributed by atoms with van der Waals surface area (Å²) in [6, 6.07) is 6.12. The van der Waals surface area contributed by atoms with Crippen LogP contribution in [-0.2, 0) is 13.6 Å². The second-order valence-corrected chi connectivity index (χ2v) is 3.83. The monoisotopic (exact) mass is 239 g/mol. The van der Waals surface area contributed by atoms with Crippen molar-refractivity contribution in [2.24, 2.45) is 7.05 Å². The summed E-state index contributed by atoms with van der Waals surface area (Å²) in [5.74, 6) is -0.308. The van der Waals surface area contributed by atoms with Crippen molar-refractivity contribution in [2.75, 3.05) is 5.32 Å². The molecule has 1 aromatic carbocycles. The van der Waals surface area contributed by atoms with Gasteiger partial charge in [0.2, 0.25) is 0 Å². The lowest BCUT2D eigenvalue weighted by atomic mass is 10.3. The van der Waals surface area contributed by atoms with Gasteiger partial charge in [-0.3, -0.25) is 4.68 Å². The number of halogens is 2. The molecule has 0 saturated carbocycles. The maximum atomic E-state index is 13.0. The van der Waals surface area contributed by atoms with Gasteiger partial charge in [0.05, 0.1) is 22.9 Å². The molecule has 1 heterocycles. The first-order valence-electron chi connectivity index (χ1n) is 4.82. The Hall–Kier alpha value is -1.55. The van der Waals surface area contributed by atoms with E-state index in [4.69, 9.17) is 11.6 Å². The van der Waals surface area contributed by atoms with Crippen LogP contribution in [0.15, 0.2) is 30.5 Å². The van der Waals surface area contributed by atoms with Gasteiger partial charge in [-0.25, -0.2) is 4.39 Å². The second-order valence-electron chi connectivity index (χ2n) is 3.42. The van der Waals surface area contributed by atoms with E-state index in [1.165, 1.54) is 18.2 Å². The topological polar surface area (TPSA) is 29.9 Å². The van der Waals surface area contributed by atoms with Crippen molar-refractivity contribution in [3.63, 3.8) is 0 Å². The molecule has 0 aliphatic rings. The van der Waals surface area contributed by atoms with Crippen molar-refractivity contribution >= 4 is 17.3 Å². The van der Waals surface area contributed by atoms with Gasteiger partial charge < -0.3 is 5.32 Å². The SMILES string of the molecule is Cn1nccc1CNc1cc(F)ccc1Cl. The molecule has 16 heavy (non-hydrogen) atoms. The van der Waals surface area contributed by atoms with Gasteiger partial charge in [-0.1, -0.05) is 11.6 Å². The van der Waals surface area contributed by atoms with Gasteiger partial charge in [-0.15, -0.1) is 0 Å². The number of aryl methyl sites for hydroxylation is 1. The first kappa shape index (κ1) is 11.0. The molecule has 0 aliphatic heterocycles. The van der Waals surface area contributed by atoms with Crippen LogP contribution in [0.5, 0.6) is 0 Å². The van der Waals surface area contributed by atoms with Crippen molar-refractivity contribution in [1.29, 1.82) is 0 Å². The Kier molecular flexibility index (Phi) is 3.10. The van der Waals surface area contributed by atoms with E-state index in [2.05, 4.69) is 10.4 Å². The second kappa shape index (κ2) is 4.53. The van der Waals surface area contributed by atoms with Crippen LogP contribution in [0.3, 0.4) is 0 Å². The van der Waals surface area contributed by atoms with Crippen molar-refractivity contribution in [2.45, 2.75) is 6.54 Å². The Labute approximate surface area is 97.8 Å². The van der Waals surface area contributed by atoms with Gasteiger partial charge in [0, 0.05) is 13.2 Å². The molecule has 0 fully saturated rings. The minimum absolute atomic E-state index is 0.308. The fourth-order valence-corrected chi connectivity index (χ4v) is 1.58. The van der Waals surface area contributed by atoms with E-state index < -0.39 is 0 Å². The van der Waals surface area contributed by atoms with Gasteiger partial charge in [0.15, 0.2) is 0 Å². The fraction of sp³-hybridized carbons (Fsp3) is 0.182. The largest absolute Gasteiger partial charge is 0.378 e. The van der Waals surface area contributed by atoms with Gasteiger partial charge in [0.25, 0.3) is 0 Å². The third-order valence-electron chi connectivity index (χ3n) is 2.31. The first-order valence-corrected chi connectivity index (χ1v) is 5.20. The Balaban J connectivity index is 2.10. The number of anilines is 1. The molecule has 1 aromatic heterocycles. The van der Waals surface area contributed by atoms with E-state index in [9.17, 15) is 4.39 Å². The zero-order chi connectivity index (χ0) is 11.5. The molecule has 0 spiro atoms. The number of aromatic nitrogens is 2. The fourth-order valence-electron chi connectivity index (χ4n) is 1.39. The zero-order valence-corrected chi connectivity index (χ0v) is 9.50. The van der Waals surface area contributed by atoms with Crippen LogP contribution in [0.4, 0.5) is 10.1 Å². The average Bonchev–Trinajstić information content (AvgIpc) is 2.66. The van der Waals surface area contributed by atoms with Crippen molar-refractivity contribution < 1.29 is 4.39 Å². The Morgan fingerprint density at radius 1 is 1.44 bits per heavy atom. The van der Waals surface area contributed by atoms with Gasteiger partial charge >= 0.3 is 0 Å². The van der Waals surface area contributed by atoms with Crippen LogP contribution in [0, 0.1) is 5.82 Å². The maximum absolute atomic E-state index is 13.0. The third-order valence-corrected chi connectivity index (χ3v) is 2.64. The van der Waals surface area contributed by atoms with Crippen molar-refractivity contribution in [3.05, 3.63) is 47.0 Å². The number of rotatable bonds is 3. The molecule has 0 unspecified atom stereocenters. The Morgan fingerprint density at radius 3 is 2.94 bits per heavy atom.